The summed E-state index contributed by atoms with van der Waals surface area (Å²) in [5.41, 5.74) is 0.00728. The lowest BCUT2D eigenvalue weighted by molar-refractivity contribution is -0.399. The van der Waals surface area contributed by atoms with Gasteiger partial charge in [-0.2, -0.15) is 13.2 Å². The second-order valence-corrected chi connectivity index (χ2v) is 9.90. The summed E-state index contributed by atoms with van der Waals surface area (Å²) in [4.78, 5) is 0. The van der Waals surface area contributed by atoms with Gasteiger partial charge in [-0.3, -0.25) is 0 Å². The van der Waals surface area contributed by atoms with Gasteiger partial charge in [0.05, 0.1) is 12.0 Å². The third-order valence-corrected chi connectivity index (χ3v) is 6.25. The van der Waals surface area contributed by atoms with Gasteiger partial charge in [0.15, 0.2) is 0 Å². The van der Waals surface area contributed by atoms with Crippen molar-refractivity contribution in [2.45, 2.75) is 148 Å². The van der Waals surface area contributed by atoms with Crippen LogP contribution in [0, 0.1) is 0 Å². The molecule has 0 spiro atoms. The van der Waals surface area contributed by atoms with Crippen molar-refractivity contribution in [3.63, 3.8) is 0 Å². The first-order valence-electron chi connectivity index (χ1n) is 14.1. The Morgan fingerprint density at radius 1 is 0.629 bits per heavy atom. The first kappa shape index (κ1) is 35.0. The predicted octanol–water partition coefficient (Wildman–Crippen LogP) is 9.22. The van der Waals surface area contributed by atoms with Gasteiger partial charge >= 0.3 is 6.18 Å². The van der Waals surface area contributed by atoms with Gasteiger partial charge in [-0.25, -0.2) is 0 Å². The molecule has 0 rings (SSSR count). The molecule has 0 saturated heterocycles. The topological polar surface area (TPSA) is 36.9 Å². The molecule has 0 aliphatic heterocycles. The predicted molar refractivity (Wildman–Crippen MR) is 141 cm³/mol. The highest BCUT2D eigenvalue weighted by atomic mass is 32.1. The zero-order chi connectivity index (χ0) is 26.3. The second-order valence-electron chi connectivity index (χ2n) is 9.33. The molecule has 0 amide bonds. The summed E-state index contributed by atoms with van der Waals surface area (Å²) < 4.78 is 60.0. The van der Waals surface area contributed by atoms with Crippen molar-refractivity contribution < 1.29 is 32.1 Å². The molecule has 0 fully saturated rings. The summed E-state index contributed by atoms with van der Waals surface area (Å²) in [6, 6.07) is 0. The summed E-state index contributed by atoms with van der Waals surface area (Å²) in [6.45, 7) is 5.82. The fourth-order valence-corrected chi connectivity index (χ4v) is 4.20. The molecular formula is C27H53F3O4S. The average Bonchev–Trinajstić information content (AvgIpc) is 2.81. The quantitative estimate of drug-likeness (QED) is 0.0687. The van der Waals surface area contributed by atoms with Crippen LogP contribution in [-0.2, 0) is 18.9 Å². The van der Waals surface area contributed by atoms with Crippen molar-refractivity contribution in [3.8, 4) is 0 Å². The minimum Gasteiger partial charge on any atom is -0.368 e. The van der Waals surface area contributed by atoms with Crippen molar-refractivity contribution in [2.24, 2.45) is 0 Å². The first-order valence-corrected chi connectivity index (χ1v) is 14.6. The second kappa shape index (κ2) is 23.1. The maximum Gasteiger partial charge on any atom is 0.412 e. The third kappa shape index (κ3) is 22.9. The van der Waals surface area contributed by atoms with Gasteiger partial charge in [0.2, 0.25) is 0 Å². The molecule has 0 bridgehead atoms. The zero-order valence-electron chi connectivity index (χ0n) is 22.6. The van der Waals surface area contributed by atoms with E-state index in [1.165, 1.54) is 44.9 Å². The van der Waals surface area contributed by atoms with Crippen molar-refractivity contribution in [1.29, 1.82) is 0 Å². The van der Waals surface area contributed by atoms with Crippen LogP contribution in [0.4, 0.5) is 13.2 Å². The van der Waals surface area contributed by atoms with Gasteiger partial charge in [-0.05, 0) is 32.6 Å². The molecule has 35 heavy (non-hydrogen) atoms. The van der Waals surface area contributed by atoms with E-state index < -0.39 is 18.8 Å². The monoisotopic (exact) mass is 530 g/mol. The largest absolute Gasteiger partial charge is 0.412 e. The van der Waals surface area contributed by atoms with Crippen LogP contribution in [0.15, 0.2) is 0 Å². The Balaban J connectivity index is 3.86. The Bertz CT molecular complexity index is 455. The molecule has 0 heterocycles. The van der Waals surface area contributed by atoms with E-state index in [1.54, 1.807) is 6.92 Å². The molecule has 0 aliphatic carbocycles. The minimum atomic E-state index is -4.42. The van der Waals surface area contributed by atoms with Crippen LogP contribution in [0.25, 0.3) is 0 Å². The standard InChI is InChI=1S/C27H53F3O4S/c1-4-7-8-9-10-13-16-19-23-31-25(35)20-17-14-11-12-15-18-21-27(32-6-3,33-22-5-2)34-24-26(28,29)30/h25,35H,4-24H2,1-3H3. The molecule has 0 saturated carbocycles. The van der Waals surface area contributed by atoms with Gasteiger partial charge in [0.1, 0.15) is 6.61 Å². The van der Waals surface area contributed by atoms with Gasteiger partial charge < -0.3 is 18.9 Å². The fourth-order valence-electron chi connectivity index (χ4n) is 3.92. The lowest BCUT2D eigenvalue weighted by atomic mass is 10.1. The van der Waals surface area contributed by atoms with Crippen LogP contribution >= 0.6 is 12.6 Å². The molecule has 212 valence electrons. The Labute approximate surface area is 218 Å². The minimum absolute atomic E-state index is 0.00728. The Morgan fingerprint density at radius 2 is 1.20 bits per heavy atom. The Hall–Kier alpha value is -0.0200. The number of ether oxygens (including phenoxy) is 4. The summed E-state index contributed by atoms with van der Waals surface area (Å²) in [7, 11) is 0. The van der Waals surface area contributed by atoms with Crippen LogP contribution in [0.5, 0.6) is 0 Å². The van der Waals surface area contributed by atoms with Gasteiger partial charge in [0, 0.05) is 19.6 Å². The van der Waals surface area contributed by atoms with Crippen molar-refractivity contribution in [3.05, 3.63) is 0 Å². The molecule has 0 aromatic carbocycles. The van der Waals surface area contributed by atoms with Crippen molar-refractivity contribution in [1.82, 2.24) is 0 Å². The number of hydrogen-bond acceptors (Lipinski definition) is 5. The summed E-state index contributed by atoms with van der Waals surface area (Å²) in [5, 5.41) is 0. The molecule has 0 aliphatic rings. The maximum absolute atomic E-state index is 12.7. The van der Waals surface area contributed by atoms with E-state index in [1.807, 2.05) is 6.92 Å². The smallest absolute Gasteiger partial charge is 0.368 e. The summed E-state index contributed by atoms with van der Waals surface area (Å²) in [5.74, 6) is -1.61. The molecule has 2 atom stereocenters. The van der Waals surface area contributed by atoms with Crippen LogP contribution in [0.3, 0.4) is 0 Å². The third-order valence-electron chi connectivity index (χ3n) is 5.84. The summed E-state index contributed by atoms with van der Waals surface area (Å²) >= 11 is 4.55. The summed E-state index contributed by atoms with van der Waals surface area (Å²) in [6.07, 6.45) is 13.7. The molecule has 0 radical (unpaired) electrons. The fraction of sp³-hybridized carbons (Fsp3) is 1.00. The lowest BCUT2D eigenvalue weighted by Crippen LogP contribution is -2.42. The van der Waals surface area contributed by atoms with E-state index in [0.29, 0.717) is 25.9 Å². The van der Waals surface area contributed by atoms with Gasteiger partial charge in [0.25, 0.3) is 5.97 Å². The highest BCUT2D eigenvalue weighted by Gasteiger charge is 2.38. The molecule has 8 heteroatoms. The van der Waals surface area contributed by atoms with Crippen LogP contribution < -0.4 is 0 Å². The molecule has 0 N–H and O–H groups in total. The zero-order valence-corrected chi connectivity index (χ0v) is 23.5. The van der Waals surface area contributed by atoms with E-state index in [9.17, 15) is 13.2 Å². The first-order chi connectivity index (χ1) is 16.8. The van der Waals surface area contributed by atoms with E-state index in [-0.39, 0.29) is 12.0 Å². The number of halogens is 3. The van der Waals surface area contributed by atoms with E-state index in [0.717, 1.165) is 51.6 Å². The number of alkyl halides is 3. The molecule has 0 aromatic heterocycles. The SMILES string of the molecule is CCCCCCCCCCOC(S)CCCCCCCCC(OCC)(OCCC)OCC(F)(F)F. The molecular weight excluding hydrogens is 477 g/mol. The van der Waals surface area contributed by atoms with Crippen molar-refractivity contribution >= 4 is 12.6 Å². The van der Waals surface area contributed by atoms with Crippen LogP contribution in [-0.4, -0.2) is 44.0 Å². The average molecular weight is 531 g/mol. The normalized spacial score (nSPS) is 14.8. The Morgan fingerprint density at radius 3 is 1.77 bits per heavy atom. The highest BCUT2D eigenvalue weighted by Crippen LogP contribution is 2.28. The van der Waals surface area contributed by atoms with E-state index in [4.69, 9.17) is 18.9 Å². The van der Waals surface area contributed by atoms with Crippen molar-refractivity contribution in [2.75, 3.05) is 26.4 Å². The maximum atomic E-state index is 12.7. The van der Waals surface area contributed by atoms with E-state index >= 15 is 0 Å². The van der Waals surface area contributed by atoms with Crippen LogP contribution in [0.1, 0.15) is 130 Å². The lowest BCUT2D eigenvalue weighted by Gasteiger charge is -2.33. The Kier molecular flexibility index (Phi) is 23.1. The van der Waals surface area contributed by atoms with Gasteiger partial charge in [-0.1, -0.05) is 90.9 Å². The van der Waals surface area contributed by atoms with E-state index in [2.05, 4.69) is 19.6 Å². The highest BCUT2D eigenvalue weighted by molar-refractivity contribution is 7.80. The van der Waals surface area contributed by atoms with Gasteiger partial charge in [-0.15, -0.1) is 12.6 Å². The number of hydrogen-bond donors (Lipinski definition) is 1. The number of unbranched alkanes of at least 4 members (excludes halogenated alkanes) is 12. The molecule has 0 aromatic rings. The molecule has 2 unspecified atom stereocenters. The number of rotatable bonds is 26. The molecule has 4 nitrogen and oxygen atoms in total. The van der Waals surface area contributed by atoms with Crippen LogP contribution in [0.2, 0.25) is 0 Å². The number of thiol groups is 1.